The third kappa shape index (κ3) is 3.30. The minimum Gasteiger partial charge on any atom is -0.508 e. The second kappa shape index (κ2) is 6.18. The molecule has 5 nitrogen and oxygen atoms in total. The number of phenolic OH excluding ortho intramolecular Hbond substituents is 1. The van der Waals surface area contributed by atoms with Crippen LogP contribution in [-0.4, -0.2) is 51.9 Å². The smallest absolute Gasteiger partial charge is 0.257 e. The van der Waals surface area contributed by atoms with Crippen LogP contribution in [0.5, 0.6) is 5.75 Å². The molecular formula is C17H21FN2O3. The minimum atomic E-state index is -0.716. The lowest BCUT2D eigenvalue weighted by atomic mass is 10.1. The molecule has 1 aromatic rings. The number of benzene rings is 1. The van der Waals surface area contributed by atoms with Gasteiger partial charge in [-0.2, -0.15) is 0 Å². The highest BCUT2D eigenvalue weighted by Crippen LogP contribution is 2.30. The highest BCUT2D eigenvalue weighted by Gasteiger charge is 2.37. The zero-order valence-corrected chi connectivity index (χ0v) is 13.2. The molecule has 1 atom stereocenters. The van der Waals surface area contributed by atoms with Gasteiger partial charge in [-0.25, -0.2) is 4.39 Å². The normalized spacial score (nSPS) is 20.6. The van der Waals surface area contributed by atoms with Crippen LogP contribution >= 0.6 is 0 Å². The summed E-state index contributed by atoms with van der Waals surface area (Å²) in [6.45, 7) is 2.64. The van der Waals surface area contributed by atoms with Gasteiger partial charge in [-0.3, -0.25) is 9.59 Å². The zero-order valence-electron chi connectivity index (χ0n) is 13.2. The molecule has 2 fully saturated rings. The summed E-state index contributed by atoms with van der Waals surface area (Å²) < 4.78 is 13.9. The molecule has 0 bridgehead atoms. The van der Waals surface area contributed by atoms with Gasteiger partial charge in [0.15, 0.2) is 0 Å². The number of hydrogen-bond acceptors (Lipinski definition) is 3. The summed E-state index contributed by atoms with van der Waals surface area (Å²) in [5, 5.41) is 9.28. The maximum atomic E-state index is 13.9. The number of amides is 2. The van der Waals surface area contributed by atoms with Crippen molar-refractivity contribution in [2.75, 3.05) is 13.1 Å². The van der Waals surface area contributed by atoms with Crippen LogP contribution in [-0.2, 0) is 4.79 Å². The standard InChI is InChI=1S/C17H21FN2O3/c1-11(21)20(12-4-5-12)10-13-3-2-8-19(13)17(23)15-7-6-14(22)9-16(15)18/h6-7,9,12-13,22H,2-5,8,10H2,1H3. The Labute approximate surface area is 134 Å². The lowest BCUT2D eigenvalue weighted by Crippen LogP contribution is -2.45. The van der Waals surface area contributed by atoms with E-state index in [0.29, 0.717) is 19.1 Å². The van der Waals surface area contributed by atoms with Crippen LogP contribution in [0.4, 0.5) is 4.39 Å². The van der Waals surface area contributed by atoms with Crippen LogP contribution in [0.1, 0.15) is 43.0 Å². The monoisotopic (exact) mass is 320 g/mol. The van der Waals surface area contributed by atoms with Crippen LogP contribution in [0.25, 0.3) is 0 Å². The van der Waals surface area contributed by atoms with E-state index >= 15 is 0 Å². The Balaban J connectivity index is 1.75. The van der Waals surface area contributed by atoms with Crippen molar-refractivity contribution >= 4 is 11.8 Å². The number of aromatic hydroxyl groups is 1. The molecule has 1 unspecified atom stereocenters. The fourth-order valence-electron chi connectivity index (χ4n) is 3.27. The van der Waals surface area contributed by atoms with Crippen LogP contribution in [0.15, 0.2) is 18.2 Å². The van der Waals surface area contributed by atoms with Gasteiger partial charge in [0.25, 0.3) is 5.91 Å². The Hall–Kier alpha value is -2.11. The first kappa shape index (κ1) is 15.8. The number of carbonyl (C=O) groups excluding carboxylic acids is 2. The van der Waals surface area contributed by atoms with Crippen molar-refractivity contribution in [2.24, 2.45) is 0 Å². The van der Waals surface area contributed by atoms with E-state index in [2.05, 4.69) is 0 Å². The molecule has 1 heterocycles. The molecule has 1 saturated carbocycles. The molecule has 23 heavy (non-hydrogen) atoms. The number of hydrogen-bond donors (Lipinski definition) is 1. The number of phenols is 1. The fourth-order valence-corrected chi connectivity index (χ4v) is 3.27. The predicted molar refractivity (Wildman–Crippen MR) is 82.5 cm³/mol. The second-order valence-corrected chi connectivity index (χ2v) is 6.36. The van der Waals surface area contributed by atoms with E-state index in [-0.39, 0.29) is 29.2 Å². The molecule has 1 aliphatic carbocycles. The first-order chi connectivity index (χ1) is 11.0. The van der Waals surface area contributed by atoms with E-state index in [1.54, 1.807) is 11.8 Å². The highest BCUT2D eigenvalue weighted by molar-refractivity contribution is 5.95. The molecule has 1 aliphatic heterocycles. The van der Waals surface area contributed by atoms with Crippen molar-refractivity contribution in [1.82, 2.24) is 9.80 Å². The van der Waals surface area contributed by atoms with Gasteiger partial charge in [-0.15, -0.1) is 0 Å². The summed E-state index contributed by atoms with van der Waals surface area (Å²) in [6, 6.07) is 3.81. The number of carbonyl (C=O) groups is 2. The Bertz CT molecular complexity index is 630. The first-order valence-corrected chi connectivity index (χ1v) is 8.04. The molecule has 0 radical (unpaired) electrons. The van der Waals surface area contributed by atoms with E-state index in [4.69, 9.17) is 0 Å². The lowest BCUT2D eigenvalue weighted by molar-refractivity contribution is -0.130. The molecule has 0 aromatic heterocycles. The van der Waals surface area contributed by atoms with E-state index in [1.807, 2.05) is 4.90 Å². The first-order valence-electron chi connectivity index (χ1n) is 8.04. The van der Waals surface area contributed by atoms with Gasteiger partial charge < -0.3 is 14.9 Å². The molecule has 124 valence electrons. The fraction of sp³-hybridized carbons (Fsp3) is 0.529. The van der Waals surface area contributed by atoms with Gasteiger partial charge >= 0.3 is 0 Å². The third-order valence-electron chi connectivity index (χ3n) is 4.62. The van der Waals surface area contributed by atoms with Crippen LogP contribution in [0.3, 0.4) is 0 Å². The summed E-state index contributed by atoms with van der Waals surface area (Å²) in [4.78, 5) is 27.9. The van der Waals surface area contributed by atoms with Gasteiger partial charge in [0.1, 0.15) is 11.6 Å². The van der Waals surface area contributed by atoms with Crippen molar-refractivity contribution in [3.63, 3.8) is 0 Å². The van der Waals surface area contributed by atoms with Crippen molar-refractivity contribution in [3.05, 3.63) is 29.6 Å². The summed E-state index contributed by atoms with van der Waals surface area (Å²) in [5.41, 5.74) is -0.0319. The molecule has 2 amide bonds. The number of likely N-dealkylation sites (tertiary alicyclic amines) is 1. The molecule has 6 heteroatoms. The number of nitrogens with zero attached hydrogens (tertiary/aromatic N) is 2. The molecular weight excluding hydrogens is 299 g/mol. The molecule has 2 aliphatic rings. The van der Waals surface area contributed by atoms with Gasteiger partial charge in [0, 0.05) is 38.2 Å². The van der Waals surface area contributed by atoms with Gasteiger partial charge in [-0.05, 0) is 37.8 Å². The van der Waals surface area contributed by atoms with Crippen LogP contribution in [0.2, 0.25) is 0 Å². The second-order valence-electron chi connectivity index (χ2n) is 6.36. The van der Waals surface area contributed by atoms with Crippen molar-refractivity contribution < 1.29 is 19.1 Å². The summed E-state index contributed by atoms with van der Waals surface area (Å²) in [5.74, 6) is -1.26. The van der Waals surface area contributed by atoms with Crippen LogP contribution < -0.4 is 0 Å². The summed E-state index contributed by atoms with van der Waals surface area (Å²) >= 11 is 0. The van der Waals surface area contributed by atoms with E-state index in [0.717, 1.165) is 31.7 Å². The third-order valence-corrected chi connectivity index (χ3v) is 4.62. The Kier molecular flexibility index (Phi) is 4.24. The Morgan fingerprint density at radius 1 is 1.35 bits per heavy atom. The van der Waals surface area contributed by atoms with E-state index in [9.17, 15) is 19.1 Å². The quantitative estimate of drug-likeness (QED) is 0.925. The van der Waals surface area contributed by atoms with Crippen molar-refractivity contribution in [3.8, 4) is 5.75 Å². The molecule has 1 aromatic carbocycles. The van der Waals surface area contributed by atoms with Crippen molar-refractivity contribution in [2.45, 2.75) is 44.7 Å². The largest absolute Gasteiger partial charge is 0.508 e. The van der Waals surface area contributed by atoms with Gasteiger partial charge in [-0.1, -0.05) is 0 Å². The minimum absolute atomic E-state index is 0.0302. The maximum Gasteiger partial charge on any atom is 0.257 e. The average Bonchev–Trinajstić information content (AvgIpc) is 3.22. The number of halogens is 1. The maximum absolute atomic E-state index is 13.9. The topological polar surface area (TPSA) is 60.9 Å². The zero-order chi connectivity index (χ0) is 16.6. The van der Waals surface area contributed by atoms with E-state index < -0.39 is 5.82 Å². The Morgan fingerprint density at radius 2 is 2.09 bits per heavy atom. The molecule has 3 rings (SSSR count). The SMILES string of the molecule is CC(=O)N(CC1CCCN1C(=O)c1ccc(O)cc1F)C1CC1. The van der Waals surface area contributed by atoms with Crippen LogP contribution in [0, 0.1) is 5.82 Å². The average molecular weight is 320 g/mol. The summed E-state index contributed by atoms with van der Waals surface area (Å²) in [6.07, 6.45) is 3.72. The molecule has 1 saturated heterocycles. The van der Waals surface area contributed by atoms with Gasteiger partial charge in [0.2, 0.25) is 5.91 Å². The lowest BCUT2D eigenvalue weighted by Gasteiger charge is -2.30. The van der Waals surface area contributed by atoms with Crippen molar-refractivity contribution in [1.29, 1.82) is 0 Å². The molecule has 1 N–H and O–H groups in total. The number of rotatable bonds is 4. The van der Waals surface area contributed by atoms with E-state index in [1.165, 1.54) is 12.1 Å². The van der Waals surface area contributed by atoms with Gasteiger partial charge in [0.05, 0.1) is 5.56 Å². The Morgan fingerprint density at radius 3 is 2.70 bits per heavy atom. The molecule has 0 spiro atoms. The summed E-state index contributed by atoms with van der Waals surface area (Å²) in [7, 11) is 0. The predicted octanol–water partition coefficient (Wildman–Crippen LogP) is 2.15. The highest BCUT2D eigenvalue weighted by atomic mass is 19.1.